The average molecular weight is 245 g/mol. The number of aromatic nitrogens is 1. The Morgan fingerprint density at radius 3 is 2.94 bits per heavy atom. The number of anilines is 1. The molecule has 1 N–H and O–H groups in total. The van der Waals surface area contributed by atoms with Crippen molar-refractivity contribution in [2.24, 2.45) is 5.92 Å². The third kappa shape index (κ3) is 2.14. The molecule has 0 saturated carbocycles. The van der Waals surface area contributed by atoms with E-state index >= 15 is 0 Å². The Bertz CT molecular complexity index is 521. The molecule has 2 heterocycles. The van der Waals surface area contributed by atoms with E-state index in [1.54, 1.807) is 24.0 Å². The van der Waals surface area contributed by atoms with Crippen LogP contribution in [0.3, 0.4) is 0 Å². The van der Waals surface area contributed by atoms with E-state index in [9.17, 15) is 9.90 Å². The van der Waals surface area contributed by atoms with Gasteiger partial charge in [0.1, 0.15) is 11.9 Å². The fraction of sp³-hybridized carbons (Fsp3) is 0.462. The molecule has 1 aliphatic heterocycles. The van der Waals surface area contributed by atoms with Crippen LogP contribution in [0.5, 0.6) is 0 Å². The van der Waals surface area contributed by atoms with Gasteiger partial charge in [-0.25, -0.2) is 9.78 Å². The Hall–Kier alpha value is -2.09. The summed E-state index contributed by atoms with van der Waals surface area (Å²) in [6, 6.07) is 4.87. The van der Waals surface area contributed by atoms with E-state index in [-0.39, 0.29) is 5.92 Å². The summed E-state index contributed by atoms with van der Waals surface area (Å²) in [6.45, 7) is 4.40. The third-order valence-corrected chi connectivity index (χ3v) is 3.32. The van der Waals surface area contributed by atoms with Crippen LogP contribution in [0.1, 0.15) is 24.6 Å². The van der Waals surface area contributed by atoms with Crippen molar-refractivity contribution in [3.63, 3.8) is 0 Å². The summed E-state index contributed by atoms with van der Waals surface area (Å²) in [7, 11) is 0. The van der Waals surface area contributed by atoms with Crippen molar-refractivity contribution in [1.29, 1.82) is 5.26 Å². The molecule has 0 amide bonds. The number of carboxylic acid groups (broad SMARTS) is 1. The molecule has 0 radical (unpaired) electrons. The summed E-state index contributed by atoms with van der Waals surface area (Å²) >= 11 is 0. The number of pyridine rings is 1. The van der Waals surface area contributed by atoms with Gasteiger partial charge in [0.25, 0.3) is 0 Å². The van der Waals surface area contributed by atoms with Crippen LogP contribution in [0, 0.1) is 24.2 Å². The molecule has 1 aliphatic rings. The fourth-order valence-electron chi connectivity index (χ4n) is 2.44. The first-order valence-electron chi connectivity index (χ1n) is 5.91. The molecule has 94 valence electrons. The fourth-order valence-corrected chi connectivity index (χ4v) is 2.44. The molecular weight excluding hydrogens is 230 g/mol. The molecule has 5 nitrogen and oxygen atoms in total. The van der Waals surface area contributed by atoms with Crippen LogP contribution in [-0.2, 0) is 4.79 Å². The molecule has 2 unspecified atom stereocenters. The minimum absolute atomic E-state index is 0.0929. The van der Waals surface area contributed by atoms with E-state index in [2.05, 4.69) is 11.1 Å². The highest BCUT2D eigenvalue weighted by molar-refractivity contribution is 5.79. The maximum absolute atomic E-state index is 11.3. The van der Waals surface area contributed by atoms with Crippen molar-refractivity contribution >= 4 is 11.8 Å². The highest BCUT2D eigenvalue weighted by atomic mass is 16.4. The summed E-state index contributed by atoms with van der Waals surface area (Å²) in [5.41, 5.74) is 1.24. The van der Waals surface area contributed by atoms with Crippen LogP contribution in [0.4, 0.5) is 5.82 Å². The molecule has 1 aromatic rings. The van der Waals surface area contributed by atoms with Crippen LogP contribution in [-0.4, -0.2) is 28.6 Å². The molecule has 2 rings (SSSR count). The van der Waals surface area contributed by atoms with Crippen LogP contribution < -0.4 is 4.90 Å². The van der Waals surface area contributed by atoms with E-state index in [0.717, 1.165) is 12.1 Å². The number of rotatable bonds is 2. The van der Waals surface area contributed by atoms with Crippen molar-refractivity contribution in [3.05, 3.63) is 23.4 Å². The predicted molar refractivity (Wildman–Crippen MR) is 66.2 cm³/mol. The zero-order valence-corrected chi connectivity index (χ0v) is 10.4. The van der Waals surface area contributed by atoms with Gasteiger partial charge in [0, 0.05) is 12.2 Å². The highest BCUT2D eigenvalue weighted by Gasteiger charge is 2.37. The molecule has 1 aromatic heterocycles. The van der Waals surface area contributed by atoms with Gasteiger partial charge in [0.2, 0.25) is 0 Å². The van der Waals surface area contributed by atoms with Crippen molar-refractivity contribution < 1.29 is 9.90 Å². The summed E-state index contributed by atoms with van der Waals surface area (Å²) in [5, 5.41) is 18.2. The van der Waals surface area contributed by atoms with E-state index in [1.807, 2.05) is 6.92 Å². The molecule has 1 saturated heterocycles. The molecule has 1 fully saturated rings. The number of carboxylic acids is 1. The highest BCUT2D eigenvalue weighted by Crippen LogP contribution is 2.29. The summed E-state index contributed by atoms with van der Waals surface area (Å²) in [4.78, 5) is 17.4. The van der Waals surface area contributed by atoms with Gasteiger partial charge in [0.15, 0.2) is 0 Å². The van der Waals surface area contributed by atoms with Crippen LogP contribution in [0.2, 0.25) is 0 Å². The maximum atomic E-state index is 11.3. The summed E-state index contributed by atoms with van der Waals surface area (Å²) in [5.74, 6) is -0.152. The van der Waals surface area contributed by atoms with Gasteiger partial charge < -0.3 is 10.0 Å². The summed E-state index contributed by atoms with van der Waals surface area (Å²) < 4.78 is 0. The Kier molecular flexibility index (Phi) is 3.19. The lowest BCUT2D eigenvalue weighted by Gasteiger charge is -2.24. The number of carbonyl (C=O) groups is 1. The lowest BCUT2D eigenvalue weighted by atomic mass is 10.0. The monoisotopic (exact) mass is 245 g/mol. The van der Waals surface area contributed by atoms with E-state index in [1.165, 1.54) is 0 Å². The van der Waals surface area contributed by atoms with E-state index in [0.29, 0.717) is 17.9 Å². The van der Waals surface area contributed by atoms with Gasteiger partial charge in [-0.15, -0.1) is 0 Å². The second-order valence-electron chi connectivity index (χ2n) is 4.71. The molecule has 0 spiro atoms. The second-order valence-corrected chi connectivity index (χ2v) is 4.71. The largest absolute Gasteiger partial charge is 0.480 e. The first-order valence-corrected chi connectivity index (χ1v) is 5.91. The van der Waals surface area contributed by atoms with Crippen LogP contribution in [0.25, 0.3) is 0 Å². The van der Waals surface area contributed by atoms with Crippen molar-refractivity contribution in [2.45, 2.75) is 26.3 Å². The smallest absolute Gasteiger partial charge is 0.326 e. The first kappa shape index (κ1) is 12.4. The van der Waals surface area contributed by atoms with Gasteiger partial charge in [-0.2, -0.15) is 5.26 Å². The minimum atomic E-state index is -0.832. The molecule has 18 heavy (non-hydrogen) atoms. The number of nitrogens with zero attached hydrogens (tertiary/aromatic N) is 3. The molecule has 0 bridgehead atoms. The zero-order chi connectivity index (χ0) is 13.3. The summed E-state index contributed by atoms with van der Waals surface area (Å²) in [6.07, 6.45) is 0.828. The molecule has 0 aromatic carbocycles. The van der Waals surface area contributed by atoms with Gasteiger partial charge in [-0.3, -0.25) is 0 Å². The van der Waals surface area contributed by atoms with Gasteiger partial charge in [-0.1, -0.05) is 6.92 Å². The zero-order valence-electron chi connectivity index (χ0n) is 10.4. The maximum Gasteiger partial charge on any atom is 0.326 e. The molecule has 5 heteroatoms. The predicted octanol–water partition coefficient (Wildman–Crippen LogP) is 1.56. The van der Waals surface area contributed by atoms with E-state index in [4.69, 9.17) is 5.26 Å². The normalized spacial score (nSPS) is 22.8. The third-order valence-electron chi connectivity index (χ3n) is 3.32. The lowest BCUT2D eigenvalue weighted by molar-refractivity contribution is -0.139. The minimum Gasteiger partial charge on any atom is -0.480 e. The first-order chi connectivity index (χ1) is 8.52. The lowest BCUT2D eigenvalue weighted by Crippen LogP contribution is -2.39. The SMILES string of the molecule is Cc1cc(C#N)cc(N2CCC(C)C2C(=O)O)n1. The molecular formula is C13H15N3O2. The number of hydrogen-bond acceptors (Lipinski definition) is 4. The topological polar surface area (TPSA) is 77.2 Å². The number of hydrogen-bond donors (Lipinski definition) is 1. The van der Waals surface area contributed by atoms with Crippen molar-refractivity contribution in [3.8, 4) is 6.07 Å². The Morgan fingerprint density at radius 1 is 1.61 bits per heavy atom. The molecule has 0 aliphatic carbocycles. The van der Waals surface area contributed by atoms with Crippen LogP contribution >= 0.6 is 0 Å². The van der Waals surface area contributed by atoms with Gasteiger partial charge in [0.05, 0.1) is 11.6 Å². The van der Waals surface area contributed by atoms with Gasteiger partial charge in [-0.05, 0) is 31.4 Å². The Labute approximate surface area is 106 Å². The second kappa shape index (κ2) is 4.65. The quantitative estimate of drug-likeness (QED) is 0.855. The van der Waals surface area contributed by atoms with E-state index < -0.39 is 12.0 Å². The number of aliphatic carboxylic acids is 1. The van der Waals surface area contributed by atoms with Gasteiger partial charge >= 0.3 is 5.97 Å². The number of nitriles is 1. The van der Waals surface area contributed by atoms with Crippen molar-refractivity contribution in [1.82, 2.24) is 4.98 Å². The molecule has 2 atom stereocenters. The van der Waals surface area contributed by atoms with Crippen molar-refractivity contribution in [2.75, 3.05) is 11.4 Å². The standard InChI is InChI=1S/C13H15N3O2/c1-8-3-4-16(12(8)13(17)18)11-6-10(7-14)5-9(2)15-11/h5-6,8,12H,3-4H2,1-2H3,(H,17,18). The average Bonchev–Trinajstić information content (AvgIpc) is 2.70. The number of aryl methyl sites for hydroxylation is 1. The Morgan fingerprint density at radius 2 is 2.33 bits per heavy atom. The van der Waals surface area contributed by atoms with Crippen LogP contribution in [0.15, 0.2) is 12.1 Å². The Balaban J connectivity index is 2.40.